The lowest BCUT2D eigenvalue weighted by Crippen LogP contribution is -2.30. The van der Waals surface area contributed by atoms with E-state index in [1.807, 2.05) is 0 Å². The lowest BCUT2D eigenvalue weighted by atomic mass is 10.1. The number of aliphatic hydroxyl groups is 1. The predicted molar refractivity (Wildman–Crippen MR) is 82.5 cm³/mol. The SMILES string of the molecule is CCON(C=O)c1ccccc1/C(O)=C(\C)C(=O)NCC(=O)O. The van der Waals surface area contributed by atoms with Gasteiger partial charge in [-0.25, -0.2) is 0 Å². The van der Waals surface area contributed by atoms with Gasteiger partial charge in [0.2, 0.25) is 6.41 Å². The molecule has 0 aliphatic rings. The molecule has 0 saturated heterocycles. The van der Waals surface area contributed by atoms with Crippen LogP contribution in [0.2, 0.25) is 0 Å². The topological polar surface area (TPSA) is 116 Å². The Bertz CT molecular complexity index is 626. The highest BCUT2D eigenvalue weighted by Gasteiger charge is 2.18. The molecule has 0 bridgehead atoms. The maximum atomic E-state index is 11.8. The largest absolute Gasteiger partial charge is 0.507 e. The molecule has 0 fully saturated rings. The Kier molecular flexibility index (Phi) is 6.75. The van der Waals surface area contributed by atoms with Gasteiger partial charge in [0.1, 0.15) is 12.3 Å². The van der Waals surface area contributed by atoms with Crippen LogP contribution in [0.25, 0.3) is 5.76 Å². The van der Waals surface area contributed by atoms with Crippen molar-refractivity contribution in [1.82, 2.24) is 5.32 Å². The summed E-state index contributed by atoms with van der Waals surface area (Å²) in [7, 11) is 0. The molecule has 8 heteroatoms. The number of hydrogen-bond donors (Lipinski definition) is 3. The summed E-state index contributed by atoms with van der Waals surface area (Å²) >= 11 is 0. The third-order valence-electron chi connectivity index (χ3n) is 2.86. The summed E-state index contributed by atoms with van der Waals surface area (Å²) in [6.07, 6.45) is 0.440. The van der Waals surface area contributed by atoms with Gasteiger partial charge in [-0.05, 0) is 26.0 Å². The van der Waals surface area contributed by atoms with Crippen molar-refractivity contribution < 1.29 is 29.4 Å². The second kappa shape index (κ2) is 8.54. The van der Waals surface area contributed by atoms with Gasteiger partial charge in [-0.3, -0.25) is 19.2 Å². The lowest BCUT2D eigenvalue weighted by Gasteiger charge is -2.19. The number of carbonyl (C=O) groups excluding carboxylic acids is 2. The van der Waals surface area contributed by atoms with Crippen molar-refractivity contribution in [3.63, 3.8) is 0 Å². The van der Waals surface area contributed by atoms with E-state index in [2.05, 4.69) is 5.32 Å². The van der Waals surface area contributed by atoms with Gasteiger partial charge < -0.3 is 15.5 Å². The smallest absolute Gasteiger partial charge is 0.322 e. The van der Waals surface area contributed by atoms with Crippen LogP contribution in [-0.4, -0.2) is 41.7 Å². The van der Waals surface area contributed by atoms with E-state index in [0.717, 1.165) is 5.06 Å². The molecule has 0 saturated carbocycles. The molecule has 0 unspecified atom stereocenters. The van der Waals surface area contributed by atoms with Crippen LogP contribution >= 0.6 is 0 Å². The van der Waals surface area contributed by atoms with E-state index in [9.17, 15) is 19.5 Å². The summed E-state index contributed by atoms with van der Waals surface area (Å²) in [4.78, 5) is 38.5. The molecule has 0 aliphatic carbocycles. The second-order valence-electron chi connectivity index (χ2n) is 4.42. The van der Waals surface area contributed by atoms with Crippen LogP contribution in [0.1, 0.15) is 19.4 Å². The molecule has 2 amide bonds. The van der Waals surface area contributed by atoms with Crippen molar-refractivity contribution in [2.24, 2.45) is 0 Å². The van der Waals surface area contributed by atoms with Gasteiger partial charge in [0.05, 0.1) is 17.9 Å². The average molecular weight is 322 g/mol. The van der Waals surface area contributed by atoms with E-state index in [1.54, 1.807) is 19.1 Å². The van der Waals surface area contributed by atoms with Gasteiger partial charge in [0.15, 0.2) is 0 Å². The number of hydrogen-bond acceptors (Lipinski definition) is 5. The highest BCUT2D eigenvalue weighted by molar-refractivity contribution is 6.01. The molecule has 124 valence electrons. The lowest BCUT2D eigenvalue weighted by molar-refractivity contribution is -0.137. The van der Waals surface area contributed by atoms with Crippen molar-refractivity contribution in [2.45, 2.75) is 13.8 Å². The number of aliphatic hydroxyl groups excluding tert-OH is 1. The van der Waals surface area contributed by atoms with E-state index in [4.69, 9.17) is 9.94 Å². The molecular formula is C15H18N2O6. The Morgan fingerprint density at radius 2 is 1.96 bits per heavy atom. The van der Waals surface area contributed by atoms with Crippen molar-refractivity contribution >= 4 is 29.7 Å². The Labute approximate surface area is 132 Å². The second-order valence-corrected chi connectivity index (χ2v) is 4.42. The quantitative estimate of drug-likeness (QED) is 0.285. The average Bonchev–Trinajstić information content (AvgIpc) is 2.56. The first-order valence-corrected chi connectivity index (χ1v) is 6.79. The van der Waals surface area contributed by atoms with Gasteiger partial charge in [-0.1, -0.05) is 12.1 Å². The first-order chi connectivity index (χ1) is 10.9. The van der Waals surface area contributed by atoms with E-state index < -0.39 is 18.4 Å². The molecule has 0 aliphatic heterocycles. The van der Waals surface area contributed by atoms with Crippen molar-refractivity contribution in [2.75, 3.05) is 18.2 Å². The van der Waals surface area contributed by atoms with Crippen LogP contribution in [0.4, 0.5) is 5.69 Å². The monoisotopic (exact) mass is 322 g/mol. The zero-order valence-electron chi connectivity index (χ0n) is 12.8. The minimum absolute atomic E-state index is 0.0824. The molecular weight excluding hydrogens is 304 g/mol. The molecule has 1 aromatic carbocycles. The Morgan fingerprint density at radius 1 is 1.30 bits per heavy atom. The summed E-state index contributed by atoms with van der Waals surface area (Å²) < 4.78 is 0. The molecule has 0 heterocycles. The van der Waals surface area contributed by atoms with Crippen LogP contribution in [0.15, 0.2) is 29.8 Å². The molecule has 0 spiro atoms. The fourth-order valence-electron chi connectivity index (χ4n) is 1.76. The third kappa shape index (κ3) is 4.82. The maximum Gasteiger partial charge on any atom is 0.322 e. The number of nitrogens with one attached hydrogen (secondary N) is 1. The molecule has 0 radical (unpaired) electrons. The first-order valence-electron chi connectivity index (χ1n) is 6.79. The number of carboxylic acids is 1. The van der Waals surface area contributed by atoms with E-state index in [-0.39, 0.29) is 29.2 Å². The minimum Gasteiger partial charge on any atom is -0.507 e. The number of aliphatic carboxylic acids is 1. The number of benzene rings is 1. The van der Waals surface area contributed by atoms with Crippen LogP contribution in [0.3, 0.4) is 0 Å². The van der Waals surface area contributed by atoms with Gasteiger partial charge >= 0.3 is 5.97 Å². The molecule has 0 atom stereocenters. The van der Waals surface area contributed by atoms with E-state index in [0.29, 0.717) is 6.41 Å². The highest BCUT2D eigenvalue weighted by atomic mass is 16.7. The molecule has 23 heavy (non-hydrogen) atoms. The Hall–Kier alpha value is -2.87. The fourth-order valence-corrected chi connectivity index (χ4v) is 1.76. The van der Waals surface area contributed by atoms with E-state index >= 15 is 0 Å². The standard InChI is InChI=1S/C15H18N2O6/c1-3-23-17(9-18)12-7-5-4-6-11(12)14(21)10(2)15(22)16-8-13(19)20/h4-7,9,21H,3,8H2,1-2H3,(H,16,22)(H,19,20)/b14-10-. The van der Waals surface area contributed by atoms with Crippen LogP contribution in [0, 0.1) is 0 Å². The summed E-state index contributed by atoms with van der Waals surface area (Å²) in [6, 6.07) is 6.31. The number of carboxylic acid groups (broad SMARTS) is 1. The van der Waals surface area contributed by atoms with Crippen LogP contribution in [-0.2, 0) is 19.2 Å². The molecule has 3 N–H and O–H groups in total. The van der Waals surface area contributed by atoms with Crippen molar-refractivity contribution in [1.29, 1.82) is 0 Å². The van der Waals surface area contributed by atoms with Gasteiger partial charge in [0.25, 0.3) is 5.91 Å². The predicted octanol–water partition coefficient (Wildman–Crippen LogP) is 1.09. The number of hydroxylamine groups is 1. The Balaban J connectivity index is 3.18. The van der Waals surface area contributed by atoms with Crippen molar-refractivity contribution in [3.8, 4) is 0 Å². The first kappa shape index (κ1) is 18.2. The van der Waals surface area contributed by atoms with E-state index in [1.165, 1.54) is 19.1 Å². The van der Waals surface area contributed by atoms with Crippen LogP contribution < -0.4 is 10.4 Å². The summed E-state index contributed by atoms with van der Waals surface area (Å²) in [5.74, 6) is -2.31. The zero-order chi connectivity index (χ0) is 17.4. The number of para-hydroxylation sites is 1. The number of nitrogens with zero attached hydrogens (tertiary/aromatic N) is 1. The number of anilines is 1. The Morgan fingerprint density at radius 3 is 2.52 bits per heavy atom. The number of carbonyl (C=O) groups is 3. The molecule has 1 aromatic rings. The molecule has 0 aromatic heterocycles. The van der Waals surface area contributed by atoms with Gasteiger partial charge in [-0.15, -0.1) is 0 Å². The summed E-state index contributed by atoms with van der Waals surface area (Å²) in [5.41, 5.74) is 0.379. The minimum atomic E-state index is -1.20. The molecule has 8 nitrogen and oxygen atoms in total. The maximum absolute atomic E-state index is 11.8. The normalized spacial score (nSPS) is 11.4. The summed E-state index contributed by atoms with van der Waals surface area (Å²) in [5, 5.41) is 21.9. The number of rotatable bonds is 8. The van der Waals surface area contributed by atoms with Crippen molar-refractivity contribution in [3.05, 3.63) is 35.4 Å². The zero-order valence-corrected chi connectivity index (χ0v) is 12.8. The number of amides is 2. The van der Waals surface area contributed by atoms with Gasteiger partial charge in [0, 0.05) is 5.56 Å². The van der Waals surface area contributed by atoms with Crippen LogP contribution in [0.5, 0.6) is 0 Å². The summed E-state index contributed by atoms with van der Waals surface area (Å²) in [6.45, 7) is 2.70. The highest BCUT2D eigenvalue weighted by Crippen LogP contribution is 2.27. The third-order valence-corrected chi connectivity index (χ3v) is 2.86. The van der Waals surface area contributed by atoms with Gasteiger partial charge in [-0.2, -0.15) is 5.06 Å². The fraction of sp³-hybridized carbons (Fsp3) is 0.267. The molecule has 1 rings (SSSR count).